The van der Waals surface area contributed by atoms with E-state index in [1.807, 2.05) is 0 Å². The third kappa shape index (κ3) is 2.81. The minimum Gasteiger partial charge on any atom is -0.391 e. The molecule has 0 radical (unpaired) electrons. The number of nitriles is 1. The first kappa shape index (κ1) is 12.9. The zero-order valence-electron chi connectivity index (χ0n) is 10.5. The van der Waals surface area contributed by atoms with Crippen molar-refractivity contribution in [2.24, 2.45) is 11.3 Å². The van der Waals surface area contributed by atoms with Crippen LogP contribution in [0.3, 0.4) is 0 Å². The maximum Gasteiger partial charge on any atom is 0.0835 e. The molecule has 0 bridgehead atoms. The first-order chi connectivity index (χ1) is 8.28. The lowest BCUT2D eigenvalue weighted by molar-refractivity contribution is -0.0432. The normalized spacial score (nSPS) is 28.0. The van der Waals surface area contributed by atoms with Crippen LogP contribution in [-0.4, -0.2) is 24.4 Å². The molecule has 1 heterocycles. The molecule has 3 nitrogen and oxygen atoms in total. The minimum absolute atomic E-state index is 0.265. The fourth-order valence-corrected chi connectivity index (χ4v) is 3.32. The summed E-state index contributed by atoms with van der Waals surface area (Å²) < 4.78 is 5.33. The number of aliphatic hydroxyl groups excluding tert-OH is 1. The van der Waals surface area contributed by atoms with Gasteiger partial charge in [-0.2, -0.15) is 5.26 Å². The van der Waals surface area contributed by atoms with E-state index < -0.39 is 11.5 Å². The highest BCUT2D eigenvalue weighted by atomic mass is 16.5. The molecule has 1 atom stereocenters. The van der Waals surface area contributed by atoms with Gasteiger partial charge in [0, 0.05) is 13.2 Å². The molecule has 0 spiro atoms. The third-order valence-electron chi connectivity index (χ3n) is 4.50. The molecule has 1 aliphatic heterocycles. The van der Waals surface area contributed by atoms with Gasteiger partial charge >= 0.3 is 0 Å². The second-order valence-electron chi connectivity index (χ2n) is 5.58. The molecule has 0 aromatic heterocycles. The van der Waals surface area contributed by atoms with Crippen LogP contribution in [0.25, 0.3) is 0 Å². The van der Waals surface area contributed by atoms with Crippen LogP contribution >= 0.6 is 0 Å². The third-order valence-corrected chi connectivity index (χ3v) is 4.50. The van der Waals surface area contributed by atoms with E-state index in [2.05, 4.69) is 6.07 Å². The Morgan fingerprint density at radius 2 is 1.71 bits per heavy atom. The van der Waals surface area contributed by atoms with Gasteiger partial charge in [-0.1, -0.05) is 25.7 Å². The molecule has 2 rings (SSSR count). The summed E-state index contributed by atoms with van der Waals surface area (Å²) in [6, 6.07) is 2.46. The molecule has 1 saturated carbocycles. The van der Waals surface area contributed by atoms with Crippen molar-refractivity contribution in [2.45, 2.75) is 57.5 Å². The lowest BCUT2D eigenvalue weighted by Gasteiger charge is -2.37. The summed E-state index contributed by atoms with van der Waals surface area (Å²) in [6.45, 7) is 1.48. The van der Waals surface area contributed by atoms with E-state index >= 15 is 0 Å². The average molecular weight is 237 g/mol. The molecular weight excluding hydrogens is 214 g/mol. The van der Waals surface area contributed by atoms with Crippen molar-refractivity contribution in [1.29, 1.82) is 5.26 Å². The van der Waals surface area contributed by atoms with E-state index in [-0.39, 0.29) is 5.92 Å². The zero-order valence-corrected chi connectivity index (χ0v) is 10.5. The predicted octanol–water partition coefficient (Wildman–Crippen LogP) is 2.64. The Balaban J connectivity index is 2.07. The van der Waals surface area contributed by atoms with Crippen molar-refractivity contribution in [3.8, 4) is 6.07 Å². The van der Waals surface area contributed by atoms with Crippen molar-refractivity contribution < 1.29 is 9.84 Å². The predicted molar refractivity (Wildman–Crippen MR) is 65.3 cm³/mol. The van der Waals surface area contributed by atoms with Gasteiger partial charge < -0.3 is 9.84 Å². The largest absolute Gasteiger partial charge is 0.391 e. The van der Waals surface area contributed by atoms with Crippen LogP contribution in [0.5, 0.6) is 0 Å². The molecule has 0 amide bonds. The van der Waals surface area contributed by atoms with Gasteiger partial charge in [0.25, 0.3) is 0 Å². The molecular formula is C14H23NO2. The highest BCUT2D eigenvalue weighted by Crippen LogP contribution is 2.42. The second kappa shape index (κ2) is 5.84. The highest BCUT2D eigenvalue weighted by molar-refractivity contribution is 5.06. The Kier molecular flexibility index (Phi) is 4.42. The highest BCUT2D eigenvalue weighted by Gasteiger charge is 2.42. The summed E-state index contributed by atoms with van der Waals surface area (Å²) in [5.74, 6) is 0.265. The van der Waals surface area contributed by atoms with Crippen LogP contribution in [0.2, 0.25) is 0 Å². The Morgan fingerprint density at radius 1 is 1.12 bits per heavy atom. The number of hydrogen-bond donors (Lipinski definition) is 1. The molecule has 1 unspecified atom stereocenters. The number of hydrogen-bond acceptors (Lipinski definition) is 3. The first-order valence-electron chi connectivity index (χ1n) is 6.95. The van der Waals surface area contributed by atoms with Gasteiger partial charge in [-0.05, 0) is 31.6 Å². The summed E-state index contributed by atoms with van der Waals surface area (Å²) in [5.41, 5.74) is -0.474. The minimum atomic E-state index is -0.474. The van der Waals surface area contributed by atoms with Gasteiger partial charge in [-0.25, -0.2) is 0 Å². The fourth-order valence-electron chi connectivity index (χ4n) is 3.32. The molecule has 0 aromatic carbocycles. The summed E-state index contributed by atoms with van der Waals surface area (Å²) in [4.78, 5) is 0. The maximum absolute atomic E-state index is 10.6. The quantitative estimate of drug-likeness (QED) is 0.751. The van der Waals surface area contributed by atoms with E-state index in [1.54, 1.807) is 0 Å². The summed E-state index contributed by atoms with van der Waals surface area (Å²) in [7, 11) is 0. The number of ether oxygens (including phenoxy) is 1. The Morgan fingerprint density at radius 3 is 2.24 bits per heavy atom. The van der Waals surface area contributed by atoms with Gasteiger partial charge in [0.05, 0.1) is 17.6 Å². The van der Waals surface area contributed by atoms with Gasteiger partial charge in [0.1, 0.15) is 0 Å². The fraction of sp³-hybridized carbons (Fsp3) is 0.929. The van der Waals surface area contributed by atoms with Crippen LogP contribution in [0.4, 0.5) is 0 Å². The van der Waals surface area contributed by atoms with E-state index in [1.165, 1.54) is 12.8 Å². The molecule has 2 fully saturated rings. The standard InChI is InChI=1S/C14H23NO2/c15-11-14(7-3-1-2-4-8-14)13(16)12-5-9-17-10-6-12/h12-13,16H,1-10H2. The van der Waals surface area contributed by atoms with Gasteiger partial charge in [0.15, 0.2) is 0 Å². The number of rotatable bonds is 2. The van der Waals surface area contributed by atoms with Gasteiger partial charge in [0.2, 0.25) is 0 Å². The van der Waals surface area contributed by atoms with Gasteiger partial charge in [-0.15, -0.1) is 0 Å². The van der Waals surface area contributed by atoms with Crippen LogP contribution in [0.15, 0.2) is 0 Å². The number of nitrogens with zero attached hydrogens (tertiary/aromatic N) is 1. The topological polar surface area (TPSA) is 53.2 Å². The number of aliphatic hydroxyl groups is 1. The van der Waals surface area contributed by atoms with E-state index in [9.17, 15) is 10.4 Å². The molecule has 0 aromatic rings. The molecule has 1 N–H and O–H groups in total. The monoisotopic (exact) mass is 237 g/mol. The van der Waals surface area contributed by atoms with Crippen molar-refractivity contribution >= 4 is 0 Å². The van der Waals surface area contributed by atoms with Crippen molar-refractivity contribution in [3.05, 3.63) is 0 Å². The van der Waals surface area contributed by atoms with Crippen LogP contribution in [0.1, 0.15) is 51.4 Å². The lowest BCUT2D eigenvalue weighted by Crippen LogP contribution is -2.41. The Bertz CT molecular complexity index is 270. The Labute approximate surface area is 104 Å². The zero-order chi connectivity index (χ0) is 12.1. The van der Waals surface area contributed by atoms with Crippen LogP contribution in [-0.2, 0) is 4.74 Å². The summed E-state index contributed by atoms with van der Waals surface area (Å²) in [5, 5.41) is 20.1. The molecule has 96 valence electrons. The first-order valence-corrected chi connectivity index (χ1v) is 6.95. The average Bonchev–Trinajstić information content (AvgIpc) is 2.65. The molecule has 1 saturated heterocycles. The van der Waals surface area contributed by atoms with Crippen LogP contribution in [0, 0.1) is 22.7 Å². The van der Waals surface area contributed by atoms with Crippen molar-refractivity contribution in [1.82, 2.24) is 0 Å². The van der Waals surface area contributed by atoms with Gasteiger partial charge in [-0.3, -0.25) is 0 Å². The lowest BCUT2D eigenvalue weighted by atomic mass is 9.70. The van der Waals surface area contributed by atoms with E-state index in [0.29, 0.717) is 0 Å². The van der Waals surface area contributed by atoms with Crippen molar-refractivity contribution in [3.63, 3.8) is 0 Å². The Hall–Kier alpha value is -0.590. The molecule has 2 aliphatic rings. The van der Waals surface area contributed by atoms with E-state index in [0.717, 1.165) is 51.7 Å². The second-order valence-corrected chi connectivity index (χ2v) is 5.58. The smallest absolute Gasteiger partial charge is 0.0835 e. The molecule has 1 aliphatic carbocycles. The van der Waals surface area contributed by atoms with Crippen LogP contribution < -0.4 is 0 Å². The maximum atomic E-state index is 10.6. The van der Waals surface area contributed by atoms with Crippen molar-refractivity contribution in [2.75, 3.05) is 13.2 Å². The summed E-state index contributed by atoms with van der Waals surface area (Å²) >= 11 is 0. The van der Waals surface area contributed by atoms with E-state index in [4.69, 9.17) is 4.74 Å². The summed E-state index contributed by atoms with van der Waals surface area (Å²) in [6.07, 6.45) is 7.73. The molecule has 3 heteroatoms. The SMILES string of the molecule is N#CC1(C(O)C2CCOCC2)CCCCCC1. The molecule has 17 heavy (non-hydrogen) atoms.